The van der Waals surface area contributed by atoms with Crippen molar-refractivity contribution in [3.63, 3.8) is 0 Å². The largest absolute Gasteiger partial charge is 0.496 e. The third-order valence-corrected chi connectivity index (χ3v) is 4.18. The van der Waals surface area contributed by atoms with Crippen molar-refractivity contribution in [3.05, 3.63) is 61.5 Å². The first-order chi connectivity index (χ1) is 9.45. The van der Waals surface area contributed by atoms with E-state index >= 15 is 0 Å². The van der Waals surface area contributed by atoms with E-state index in [4.69, 9.17) is 27.9 Å². The first-order valence-electron chi connectivity index (χ1n) is 5.78. The second-order valence-corrected chi connectivity index (χ2v) is 5.90. The zero-order valence-corrected chi connectivity index (χ0v) is 13.9. The lowest BCUT2D eigenvalue weighted by Crippen LogP contribution is -2.06. The molecule has 0 amide bonds. The predicted molar refractivity (Wildman–Crippen MR) is 85.3 cm³/mol. The van der Waals surface area contributed by atoms with Crippen molar-refractivity contribution in [3.8, 4) is 5.75 Å². The molecule has 0 heterocycles. The number of benzene rings is 2. The van der Waals surface area contributed by atoms with Crippen molar-refractivity contribution >= 4 is 44.9 Å². The molecule has 0 unspecified atom stereocenters. The van der Waals surface area contributed by atoms with Gasteiger partial charge in [-0.2, -0.15) is 0 Å². The lowest BCUT2D eigenvalue weighted by Gasteiger charge is -2.11. The van der Waals surface area contributed by atoms with Crippen molar-refractivity contribution in [2.75, 3.05) is 7.11 Å². The SMILES string of the molecule is COc1cc(C)c(C(=O)c2c(Cl)cccc2Cl)cc1Br. The third kappa shape index (κ3) is 2.85. The minimum absolute atomic E-state index is 0.207. The van der Waals surface area contributed by atoms with Crippen LogP contribution in [0.25, 0.3) is 0 Å². The summed E-state index contributed by atoms with van der Waals surface area (Å²) in [5.74, 6) is 0.464. The Bertz CT molecular complexity index is 664. The number of halogens is 3. The number of rotatable bonds is 3. The number of ketones is 1. The molecule has 2 nitrogen and oxygen atoms in total. The van der Waals surface area contributed by atoms with Gasteiger partial charge in [0.25, 0.3) is 0 Å². The molecule has 2 aromatic rings. The summed E-state index contributed by atoms with van der Waals surface area (Å²) in [5.41, 5.74) is 1.65. The monoisotopic (exact) mass is 372 g/mol. The number of methoxy groups -OCH3 is 1. The molecule has 2 aromatic carbocycles. The maximum absolute atomic E-state index is 12.6. The maximum atomic E-state index is 12.6. The number of hydrogen-bond donors (Lipinski definition) is 0. The summed E-state index contributed by atoms with van der Waals surface area (Å²) >= 11 is 15.5. The number of hydrogen-bond acceptors (Lipinski definition) is 2. The molecule has 0 aliphatic rings. The molecule has 0 bridgehead atoms. The maximum Gasteiger partial charge on any atom is 0.196 e. The van der Waals surface area contributed by atoms with Gasteiger partial charge in [0.1, 0.15) is 5.75 Å². The molecule has 0 atom stereocenters. The van der Waals surface area contributed by atoms with E-state index in [0.29, 0.717) is 31.4 Å². The zero-order chi connectivity index (χ0) is 14.9. The van der Waals surface area contributed by atoms with E-state index in [1.54, 1.807) is 37.4 Å². The number of carbonyl (C=O) groups is 1. The fourth-order valence-electron chi connectivity index (χ4n) is 1.91. The van der Waals surface area contributed by atoms with Crippen LogP contribution in [0.2, 0.25) is 10.0 Å². The summed E-state index contributed by atoms with van der Waals surface area (Å²) < 4.78 is 5.91. The van der Waals surface area contributed by atoms with Crippen LogP contribution in [-0.2, 0) is 0 Å². The molecule has 104 valence electrons. The molecule has 0 spiro atoms. The molecule has 0 aliphatic heterocycles. The molecular formula is C15H11BrCl2O2. The highest BCUT2D eigenvalue weighted by Crippen LogP contribution is 2.32. The smallest absolute Gasteiger partial charge is 0.196 e. The molecular weight excluding hydrogens is 363 g/mol. The van der Waals surface area contributed by atoms with Crippen molar-refractivity contribution in [1.82, 2.24) is 0 Å². The van der Waals surface area contributed by atoms with E-state index in [9.17, 15) is 4.79 Å². The van der Waals surface area contributed by atoms with Gasteiger partial charge in [-0.15, -0.1) is 0 Å². The standard InChI is InChI=1S/C15H11BrCl2O2/c1-8-6-13(20-2)10(16)7-9(8)15(19)14-11(17)4-3-5-12(14)18/h3-7H,1-2H3. The van der Waals surface area contributed by atoms with Crippen LogP contribution in [0, 0.1) is 6.92 Å². The van der Waals surface area contributed by atoms with Crippen molar-refractivity contribution in [1.29, 1.82) is 0 Å². The van der Waals surface area contributed by atoms with Crippen LogP contribution in [0.4, 0.5) is 0 Å². The summed E-state index contributed by atoms with van der Waals surface area (Å²) in [6.07, 6.45) is 0. The van der Waals surface area contributed by atoms with Gasteiger partial charge in [0.2, 0.25) is 0 Å². The minimum atomic E-state index is -0.207. The highest BCUT2D eigenvalue weighted by molar-refractivity contribution is 9.10. The van der Waals surface area contributed by atoms with Crippen LogP contribution in [0.15, 0.2) is 34.8 Å². The van der Waals surface area contributed by atoms with Crippen LogP contribution in [-0.4, -0.2) is 12.9 Å². The lowest BCUT2D eigenvalue weighted by atomic mass is 9.99. The van der Waals surface area contributed by atoms with E-state index in [1.165, 1.54) is 0 Å². The Morgan fingerprint density at radius 3 is 2.35 bits per heavy atom. The minimum Gasteiger partial charge on any atom is -0.496 e. The molecule has 20 heavy (non-hydrogen) atoms. The van der Waals surface area contributed by atoms with Gasteiger partial charge in [0.05, 0.1) is 27.2 Å². The van der Waals surface area contributed by atoms with Gasteiger partial charge in [0.15, 0.2) is 5.78 Å². The van der Waals surface area contributed by atoms with Crippen molar-refractivity contribution < 1.29 is 9.53 Å². The second kappa shape index (κ2) is 6.17. The molecule has 0 N–H and O–H groups in total. The van der Waals surface area contributed by atoms with E-state index in [0.717, 1.165) is 5.56 Å². The van der Waals surface area contributed by atoms with Crippen LogP contribution in [0.1, 0.15) is 21.5 Å². The Labute approximate surface area is 135 Å². The summed E-state index contributed by atoms with van der Waals surface area (Å²) in [6.45, 7) is 1.84. The average molecular weight is 374 g/mol. The molecule has 0 aromatic heterocycles. The average Bonchev–Trinajstić information content (AvgIpc) is 2.40. The van der Waals surface area contributed by atoms with Crippen molar-refractivity contribution in [2.45, 2.75) is 6.92 Å². The summed E-state index contributed by atoms with van der Waals surface area (Å²) in [7, 11) is 1.58. The van der Waals surface area contributed by atoms with Crippen LogP contribution in [0.3, 0.4) is 0 Å². The van der Waals surface area contributed by atoms with Gasteiger partial charge >= 0.3 is 0 Å². The molecule has 2 rings (SSSR count). The van der Waals surface area contributed by atoms with E-state index in [-0.39, 0.29) is 5.78 Å². The molecule has 0 aliphatic carbocycles. The Morgan fingerprint density at radius 2 is 1.80 bits per heavy atom. The normalized spacial score (nSPS) is 10.4. The molecule has 0 saturated heterocycles. The fourth-order valence-corrected chi connectivity index (χ4v) is 2.98. The molecule has 5 heteroatoms. The highest BCUT2D eigenvalue weighted by Gasteiger charge is 2.19. The lowest BCUT2D eigenvalue weighted by molar-refractivity contribution is 0.103. The first kappa shape index (κ1) is 15.4. The quantitative estimate of drug-likeness (QED) is 0.682. The number of aryl methyl sites for hydroxylation is 1. The highest BCUT2D eigenvalue weighted by atomic mass is 79.9. The van der Waals surface area contributed by atoms with Gasteiger partial charge < -0.3 is 4.74 Å². The molecule has 0 saturated carbocycles. The zero-order valence-electron chi connectivity index (χ0n) is 10.8. The van der Waals surface area contributed by atoms with Crippen LogP contribution >= 0.6 is 39.1 Å². The summed E-state index contributed by atoms with van der Waals surface area (Å²) in [4.78, 5) is 12.6. The van der Waals surface area contributed by atoms with Gasteiger partial charge in [-0.1, -0.05) is 29.3 Å². The van der Waals surface area contributed by atoms with E-state index in [2.05, 4.69) is 15.9 Å². The first-order valence-corrected chi connectivity index (χ1v) is 7.33. The van der Waals surface area contributed by atoms with E-state index in [1.807, 2.05) is 6.92 Å². The van der Waals surface area contributed by atoms with Gasteiger partial charge in [-0.05, 0) is 52.7 Å². The second-order valence-electron chi connectivity index (χ2n) is 4.23. The Morgan fingerprint density at radius 1 is 1.20 bits per heavy atom. The summed E-state index contributed by atoms with van der Waals surface area (Å²) in [6, 6.07) is 8.51. The van der Waals surface area contributed by atoms with Crippen molar-refractivity contribution in [2.24, 2.45) is 0 Å². The van der Waals surface area contributed by atoms with Gasteiger partial charge in [-0.25, -0.2) is 0 Å². The topological polar surface area (TPSA) is 26.3 Å². The van der Waals surface area contributed by atoms with Gasteiger partial charge in [0, 0.05) is 5.56 Å². The summed E-state index contributed by atoms with van der Waals surface area (Å²) in [5, 5.41) is 0.683. The van der Waals surface area contributed by atoms with Crippen LogP contribution < -0.4 is 4.74 Å². The molecule has 0 fully saturated rings. The predicted octanol–water partition coefficient (Wildman–Crippen LogP) is 5.30. The Hall–Kier alpha value is -1.03. The van der Waals surface area contributed by atoms with E-state index < -0.39 is 0 Å². The fraction of sp³-hybridized carbons (Fsp3) is 0.133. The molecule has 0 radical (unpaired) electrons. The Kier molecular flexibility index (Phi) is 4.74. The van der Waals surface area contributed by atoms with Gasteiger partial charge in [-0.3, -0.25) is 4.79 Å². The Balaban J connectivity index is 2.57. The number of ether oxygens (including phenoxy) is 1. The van der Waals surface area contributed by atoms with Crippen LogP contribution in [0.5, 0.6) is 5.75 Å². The third-order valence-electron chi connectivity index (χ3n) is 2.93. The number of carbonyl (C=O) groups excluding carboxylic acids is 1.